The highest BCUT2D eigenvalue weighted by atomic mass is 32.1. The van der Waals surface area contributed by atoms with E-state index >= 15 is 0 Å². The SMILES string of the molecule is COc1cc(-c2csc(C(C#N)=CNc3cccc(F)c3)n2)ccc1O. The number of nitriles is 1. The maximum Gasteiger partial charge on any atom is 0.161 e. The fourth-order valence-electron chi connectivity index (χ4n) is 2.24. The second-order valence-electron chi connectivity index (χ2n) is 5.25. The molecule has 5 nitrogen and oxygen atoms in total. The predicted molar refractivity (Wildman–Crippen MR) is 99.4 cm³/mol. The van der Waals surface area contributed by atoms with Crippen LogP contribution in [0, 0.1) is 17.1 Å². The highest BCUT2D eigenvalue weighted by Crippen LogP contribution is 2.33. The molecule has 0 unspecified atom stereocenters. The van der Waals surface area contributed by atoms with Gasteiger partial charge in [-0.05, 0) is 36.4 Å². The van der Waals surface area contributed by atoms with Gasteiger partial charge in [0.1, 0.15) is 22.5 Å². The van der Waals surface area contributed by atoms with Gasteiger partial charge in [-0.3, -0.25) is 0 Å². The van der Waals surface area contributed by atoms with Crippen LogP contribution in [-0.2, 0) is 0 Å². The lowest BCUT2D eigenvalue weighted by Crippen LogP contribution is -1.91. The molecule has 1 aromatic heterocycles. The zero-order valence-corrected chi connectivity index (χ0v) is 14.5. The molecule has 0 spiro atoms. The fraction of sp³-hybridized carbons (Fsp3) is 0.0526. The summed E-state index contributed by atoms with van der Waals surface area (Å²) in [7, 11) is 1.47. The van der Waals surface area contributed by atoms with E-state index in [1.54, 1.807) is 24.3 Å². The molecular weight excluding hydrogens is 353 g/mol. The summed E-state index contributed by atoms with van der Waals surface area (Å²) in [5.41, 5.74) is 2.29. The van der Waals surface area contributed by atoms with Crippen LogP contribution in [0.5, 0.6) is 11.5 Å². The van der Waals surface area contributed by atoms with Gasteiger partial charge >= 0.3 is 0 Å². The molecule has 0 amide bonds. The van der Waals surface area contributed by atoms with Gasteiger partial charge in [-0.2, -0.15) is 5.26 Å². The van der Waals surface area contributed by atoms with Crippen LogP contribution in [0.1, 0.15) is 5.01 Å². The minimum Gasteiger partial charge on any atom is -0.504 e. The third-order valence-electron chi connectivity index (χ3n) is 3.54. The molecule has 3 rings (SSSR count). The summed E-state index contributed by atoms with van der Waals surface area (Å²) in [6, 6.07) is 13.0. The number of nitrogens with zero attached hydrogens (tertiary/aromatic N) is 2. The maximum atomic E-state index is 13.2. The van der Waals surface area contributed by atoms with Gasteiger partial charge in [0.15, 0.2) is 11.5 Å². The number of nitrogens with one attached hydrogen (secondary N) is 1. The van der Waals surface area contributed by atoms with Crippen molar-refractivity contribution in [3.8, 4) is 28.8 Å². The average Bonchev–Trinajstić information content (AvgIpc) is 3.13. The van der Waals surface area contributed by atoms with Crippen molar-refractivity contribution in [2.75, 3.05) is 12.4 Å². The Hall–Kier alpha value is -3.37. The van der Waals surface area contributed by atoms with Crippen LogP contribution in [-0.4, -0.2) is 17.2 Å². The fourth-order valence-corrected chi connectivity index (χ4v) is 3.04. The molecule has 0 aliphatic carbocycles. The Kier molecular flexibility index (Phi) is 5.15. The normalized spacial score (nSPS) is 11.0. The second-order valence-corrected chi connectivity index (χ2v) is 6.11. The lowest BCUT2D eigenvalue weighted by Gasteiger charge is -2.04. The van der Waals surface area contributed by atoms with Crippen LogP contribution in [0.15, 0.2) is 54.0 Å². The van der Waals surface area contributed by atoms with Crippen molar-refractivity contribution in [3.63, 3.8) is 0 Å². The lowest BCUT2D eigenvalue weighted by atomic mass is 10.1. The molecule has 0 fully saturated rings. The summed E-state index contributed by atoms with van der Waals surface area (Å²) >= 11 is 1.31. The number of hydrogen-bond donors (Lipinski definition) is 2. The number of halogens is 1. The van der Waals surface area contributed by atoms with Crippen molar-refractivity contribution in [2.24, 2.45) is 0 Å². The van der Waals surface area contributed by atoms with Gasteiger partial charge in [0.05, 0.1) is 12.8 Å². The summed E-state index contributed by atoms with van der Waals surface area (Å²) in [6.07, 6.45) is 1.49. The molecule has 0 aliphatic rings. The van der Waals surface area contributed by atoms with Crippen molar-refractivity contribution >= 4 is 22.6 Å². The molecule has 2 N–H and O–H groups in total. The Bertz CT molecular complexity index is 1010. The maximum absolute atomic E-state index is 13.2. The molecule has 0 radical (unpaired) electrons. The van der Waals surface area contributed by atoms with E-state index in [4.69, 9.17) is 4.74 Å². The number of thiazole rings is 1. The number of ether oxygens (including phenoxy) is 1. The zero-order chi connectivity index (χ0) is 18.5. The number of aromatic hydroxyl groups is 1. The van der Waals surface area contributed by atoms with Crippen LogP contribution < -0.4 is 10.1 Å². The van der Waals surface area contributed by atoms with Gasteiger partial charge in [0.25, 0.3) is 0 Å². The van der Waals surface area contributed by atoms with E-state index in [2.05, 4.69) is 16.4 Å². The molecule has 0 saturated heterocycles. The number of allylic oxidation sites excluding steroid dienone is 1. The van der Waals surface area contributed by atoms with Crippen molar-refractivity contribution < 1.29 is 14.2 Å². The van der Waals surface area contributed by atoms with Crippen molar-refractivity contribution in [1.29, 1.82) is 5.26 Å². The molecule has 3 aromatic rings. The minimum atomic E-state index is -0.361. The summed E-state index contributed by atoms with van der Waals surface area (Å²) in [6.45, 7) is 0. The highest BCUT2D eigenvalue weighted by molar-refractivity contribution is 7.11. The van der Waals surface area contributed by atoms with Crippen LogP contribution in [0.4, 0.5) is 10.1 Å². The number of hydrogen-bond acceptors (Lipinski definition) is 6. The van der Waals surface area contributed by atoms with E-state index in [1.807, 2.05) is 5.38 Å². The van der Waals surface area contributed by atoms with E-state index in [9.17, 15) is 14.8 Å². The third kappa shape index (κ3) is 3.82. The standard InChI is InChI=1S/C19H14FN3O2S/c1-25-18-7-12(5-6-17(18)24)16-11-26-19(23-16)13(9-21)10-22-15-4-2-3-14(20)8-15/h2-8,10-11,22,24H,1H3. The molecule has 130 valence electrons. The van der Waals surface area contributed by atoms with Gasteiger partial charge in [-0.15, -0.1) is 11.3 Å². The Morgan fingerprint density at radius 1 is 1.35 bits per heavy atom. The van der Waals surface area contributed by atoms with Crippen LogP contribution in [0.25, 0.3) is 16.8 Å². The summed E-state index contributed by atoms with van der Waals surface area (Å²) in [4.78, 5) is 4.46. The van der Waals surface area contributed by atoms with Gasteiger partial charge < -0.3 is 15.2 Å². The number of benzene rings is 2. The topological polar surface area (TPSA) is 78.2 Å². The number of anilines is 1. The van der Waals surface area contributed by atoms with Crippen LogP contribution in [0.3, 0.4) is 0 Å². The molecule has 0 aliphatic heterocycles. The number of phenols is 1. The summed E-state index contributed by atoms with van der Waals surface area (Å²) in [5, 5.41) is 24.3. The van der Waals surface area contributed by atoms with Crippen molar-refractivity contribution in [1.82, 2.24) is 4.98 Å². The molecule has 0 saturated carbocycles. The molecule has 0 bridgehead atoms. The summed E-state index contributed by atoms with van der Waals surface area (Å²) in [5.74, 6) is 0.0317. The smallest absolute Gasteiger partial charge is 0.161 e. The van der Waals surface area contributed by atoms with Gasteiger partial charge in [-0.25, -0.2) is 9.37 Å². The van der Waals surface area contributed by atoms with Crippen molar-refractivity contribution in [2.45, 2.75) is 0 Å². The monoisotopic (exact) mass is 367 g/mol. The first-order chi connectivity index (χ1) is 12.6. The number of methoxy groups -OCH3 is 1. The summed E-state index contributed by atoms with van der Waals surface area (Å²) < 4.78 is 18.3. The van der Waals surface area contributed by atoms with Crippen LogP contribution in [0.2, 0.25) is 0 Å². The molecule has 2 aromatic carbocycles. The number of phenolic OH excluding ortho intramolecular Hbond substituents is 1. The van der Waals surface area contributed by atoms with Gasteiger partial charge in [0.2, 0.25) is 0 Å². The van der Waals surface area contributed by atoms with E-state index < -0.39 is 0 Å². The number of aromatic nitrogens is 1. The van der Waals surface area contributed by atoms with Crippen LogP contribution >= 0.6 is 11.3 Å². The molecular formula is C19H14FN3O2S. The number of rotatable bonds is 5. The quantitative estimate of drug-likeness (QED) is 0.642. The molecule has 26 heavy (non-hydrogen) atoms. The first kappa shape index (κ1) is 17.5. The average molecular weight is 367 g/mol. The molecule has 0 atom stereocenters. The minimum absolute atomic E-state index is 0.0450. The van der Waals surface area contributed by atoms with Gasteiger partial charge in [-0.1, -0.05) is 6.07 Å². The Morgan fingerprint density at radius 2 is 2.19 bits per heavy atom. The predicted octanol–water partition coefficient (Wildman–Crippen LogP) is 4.64. The Balaban J connectivity index is 1.85. The zero-order valence-electron chi connectivity index (χ0n) is 13.7. The van der Waals surface area contributed by atoms with E-state index in [-0.39, 0.29) is 11.6 Å². The Labute approximate surface area is 153 Å². The second kappa shape index (κ2) is 7.68. The first-order valence-electron chi connectivity index (χ1n) is 7.56. The first-order valence-corrected chi connectivity index (χ1v) is 8.44. The molecule has 1 heterocycles. The lowest BCUT2D eigenvalue weighted by molar-refractivity contribution is 0.373. The third-order valence-corrected chi connectivity index (χ3v) is 4.41. The van der Waals surface area contributed by atoms with Crippen molar-refractivity contribution in [3.05, 3.63) is 64.9 Å². The highest BCUT2D eigenvalue weighted by Gasteiger charge is 2.11. The largest absolute Gasteiger partial charge is 0.504 e. The van der Waals surface area contributed by atoms with E-state index in [0.717, 1.165) is 5.56 Å². The Morgan fingerprint density at radius 3 is 2.92 bits per heavy atom. The van der Waals surface area contributed by atoms with E-state index in [1.165, 1.54) is 42.8 Å². The van der Waals surface area contributed by atoms with E-state index in [0.29, 0.717) is 27.7 Å². The molecule has 7 heteroatoms. The van der Waals surface area contributed by atoms with Gasteiger partial charge in [0, 0.05) is 22.8 Å².